The average Bonchev–Trinajstić information content (AvgIpc) is 2.58. The quantitative estimate of drug-likeness (QED) is 0.282. The first-order valence-corrected chi connectivity index (χ1v) is 7.80. The van der Waals surface area contributed by atoms with Crippen LogP contribution in [0.2, 0.25) is 0 Å². The predicted octanol–water partition coefficient (Wildman–Crippen LogP) is -1.79. The Balaban J connectivity index is 2.80. The maximum atomic E-state index is 12.2. The number of carbonyl (C=O) groups excluding carboxylic acids is 3. The number of carboxylic acid groups (broad SMARTS) is 1. The van der Waals surface area contributed by atoms with E-state index in [9.17, 15) is 24.3 Å². The summed E-state index contributed by atoms with van der Waals surface area (Å²) in [4.78, 5) is 45.7. The molecule has 142 valence electrons. The minimum absolute atomic E-state index is 0.0177. The number of aliphatic carboxylic acids is 1. The first-order chi connectivity index (χ1) is 12.2. The van der Waals surface area contributed by atoms with Crippen LogP contribution in [0.25, 0.3) is 0 Å². The van der Waals surface area contributed by atoms with Gasteiger partial charge in [0.25, 0.3) is 0 Å². The van der Waals surface area contributed by atoms with Crippen LogP contribution in [0.4, 0.5) is 0 Å². The van der Waals surface area contributed by atoms with Gasteiger partial charge in [0.1, 0.15) is 18.3 Å². The molecule has 0 aliphatic carbocycles. The maximum absolute atomic E-state index is 12.2. The van der Waals surface area contributed by atoms with Crippen LogP contribution in [-0.2, 0) is 25.6 Å². The van der Waals surface area contributed by atoms with Crippen LogP contribution in [0.15, 0.2) is 24.3 Å². The topological polar surface area (TPSA) is 185 Å². The number of nitrogens with one attached hydrogen (secondary N) is 2. The molecular weight excluding hydrogens is 344 g/mol. The third kappa shape index (κ3) is 7.62. The molecule has 0 aromatic heterocycles. The van der Waals surface area contributed by atoms with Gasteiger partial charge in [0.2, 0.25) is 17.7 Å². The van der Waals surface area contributed by atoms with Gasteiger partial charge in [-0.2, -0.15) is 0 Å². The van der Waals surface area contributed by atoms with Gasteiger partial charge in [-0.15, -0.1) is 0 Å². The molecule has 0 saturated carbocycles. The third-order valence-electron chi connectivity index (χ3n) is 3.46. The number of nitrogens with two attached hydrogens (primary N) is 2. The van der Waals surface area contributed by atoms with Crippen LogP contribution >= 0.6 is 0 Å². The van der Waals surface area contributed by atoms with Gasteiger partial charge in [0.15, 0.2) is 0 Å². The van der Waals surface area contributed by atoms with Gasteiger partial charge >= 0.3 is 5.97 Å². The highest BCUT2D eigenvalue weighted by Crippen LogP contribution is 2.11. The van der Waals surface area contributed by atoms with Crippen molar-refractivity contribution in [3.05, 3.63) is 29.8 Å². The summed E-state index contributed by atoms with van der Waals surface area (Å²) in [6.45, 7) is -0.603. The van der Waals surface area contributed by atoms with Crippen LogP contribution in [0.3, 0.4) is 0 Å². The van der Waals surface area contributed by atoms with E-state index < -0.39 is 42.3 Å². The lowest BCUT2D eigenvalue weighted by atomic mass is 10.0. The molecule has 0 heterocycles. The maximum Gasteiger partial charge on any atom is 0.322 e. The highest BCUT2D eigenvalue weighted by molar-refractivity contribution is 5.91. The van der Waals surface area contributed by atoms with Crippen molar-refractivity contribution in [2.75, 3.05) is 6.54 Å². The number of hydrogen-bond donors (Lipinski definition) is 6. The van der Waals surface area contributed by atoms with Gasteiger partial charge in [-0.3, -0.25) is 19.2 Å². The van der Waals surface area contributed by atoms with E-state index in [-0.39, 0.29) is 25.0 Å². The van der Waals surface area contributed by atoms with Crippen LogP contribution in [0.5, 0.6) is 5.75 Å². The number of hydrogen-bond acceptors (Lipinski definition) is 6. The molecule has 1 aromatic rings. The van der Waals surface area contributed by atoms with Crippen molar-refractivity contribution in [1.82, 2.24) is 10.6 Å². The van der Waals surface area contributed by atoms with Gasteiger partial charge in [0, 0.05) is 12.8 Å². The number of phenolic OH excluding ortho intramolecular Hbond substituents is 1. The lowest BCUT2D eigenvalue weighted by Crippen LogP contribution is -2.53. The summed E-state index contributed by atoms with van der Waals surface area (Å²) < 4.78 is 0. The normalized spacial score (nSPS) is 12.7. The molecule has 1 aromatic carbocycles. The number of primary amides is 1. The number of phenols is 1. The van der Waals surface area contributed by atoms with Crippen molar-refractivity contribution in [2.24, 2.45) is 11.5 Å². The number of carboxylic acids is 1. The Morgan fingerprint density at radius 3 is 2.23 bits per heavy atom. The molecule has 0 aliphatic heterocycles. The lowest BCUT2D eigenvalue weighted by Gasteiger charge is -2.20. The van der Waals surface area contributed by atoms with Gasteiger partial charge in [-0.05, 0) is 24.1 Å². The molecule has 3 amide bonds. The minimum Gasteiger partial charge on any atom is -0.508 e. The predicted molar refractivity (Wildman–Crippen MR) is 90.8 cm³/mol. The molecule has 1 rings (SSSR count). The Morgan fingerprint density at radius 1 is 1.08 bits per heavy atom. The summed E-state index contributed by atoms with van der Waals surface area (Å²) in [5.41, 5.74) is 11.3. The second-order valence-electron chi connectivity index (χ2n) is 5.65. The van der Waals surface area contributed by atoms with E-state index in [1.807, 2.05) is 0 Å². The molecule has 0 fully saturated rings. The van der Waals surface area contributed by atoms with E-state index in [4.69, 9.17) is 16.6 Å². The summed E-state index contributed by atoms with van der Waals surface area (Å²) >= 11 is 0. The fourth-order valence-corrected chi connectivity index (χ4v) is 2.07. The summed E-state index contributed by atoms with van der Waals surface area (Å²) in [5, 5.41) is 22.6. The summed E-state index contributed by atoms with van der Waals surface area (Å²) in [6.07, 6.45) is -0.00766. The molecule has 2 atom stereocenters. The summed E-state index contributed by atoms with van der Waals surface area (Å²) in [5.74, 6) is -3.16. The van der Waals surface area contributed by atoms with Crippen LogP contribution in [0.1, 0.15) is 18.4 Å². The van der Waals surface area contributed by atoms with E-state index in [1.165, 1.54) is 12.1 Å². The summed E-state index contributed by atoms with van der Waals surface area (Å²) in [6, 6.07) is 3.84. The average molecular weight is 366 g/mol. The molecule has 0 aliphatic rings. The van der Waals surface area contributed by atoms with E-state index in [2.05, 4.69) is 10.6 Å². The van der Waals surface area contributed by atoms with Gasteiger partial charge in [-0.25, -0.2) is 0 Å². The number of aromatic hydroxyl groups is 1. The standard InChI is InChI=1S/C16H22N4O6/c17-11(5-6-13(18)22)15(25)20-12(16(26)19-8-14(23)24)7-9-1-3-10(21)4-2-9/h1-4,11-12,21H,5-8,17H2,(H2,18,22)(H,19,26)(H,20,25)(H,23,24). The molecule has 8 N–H and O–H groups in total. The van der Waals surface area contributed by atoms with Gasteiger partial charge < -0.3 is 32.3 Å². The lowest BCUT2D eigenvalue weighted by molar-refractivity contribution is -0.138. The van der Waals surface area contributed by atoms with E-state index in [1.54, 1.807) is 12.1 Å². The zero-order valence-corrected chi connectivity index (χ0v) is 14.0. The van der Waals surface area contributed by atoms with Crippen molar-refractivity contribution < 1.29 is 29.4 Å². The second kappa shape index (κ2) is 9.99. The molecule has 0 bridgehead atoms. The first kappa shape index (κ1) is 20.9. The zero-order valence-electron chi connectivity index (χ0n) is 14.0. The molecule has 2 unspecified atom stereocenters. The number of carbonyl (C=O) groups is 4. The van der Waals surface area contributed by atoms with Crippen molar-refractivity contribution in [2.45, 2.75) is 31.3 Å². The van der Waals surface area contributed by atoms with E-state index >= 15 is 0 Å². The smallest absolute Gasteiger partial charge is 0.322 e. The van der Waals surface area contributed by atoms with Crippen LogP contribution < -0.4 is 22.1 Å². The van der Waals surface area contributed by atoms with Gasteiger partial charge in [0.05, 0.1) is 6.04 Å². The molecule has 26 heavy (non-hydrogen) atoms. The van der Waals surface area contributed by atoms with Crippen LogP contribution in [0, 0.1) is 0 Å². The fraction of sp³-hybridized carbons (Fsp3) is 0.375. The first-order valence-electron chi connectivity index (χ1n) is 7.80. The molecule has 0 radical (unpaired) electrons. The van der Waals surface area contributed by atoms with E-state index in [0.29, 0.717) is 5.56 Å². The number of benzene rings is 1. The highest BCUT2D eigenvalue weighted by atomic mass is 16.4. The summed E-state index contributed by atoms with van der Waals surface area (Å²) in [7, 11) is 0. The molecule has 10 nitrogen and oxygen atoms in total. The van der Waals surface area contributed by atoms with Crippen LogP contribution in [-0.4, -0.2) is 52.5 Å². The van der Waals surface area contributed by atoms with E-state index in [0.717, 1.165) is 0 Å². The van der Waals surface area contributed by atoms with Crippen molar-refractivity contribution in [3.63, 3.8) is 0 Å². The van der Waals surface area contributed by atoms with Crippen molar-refractivity contribution >= 4 is 23.7 Å². The minimum atomic E-state index is -1.23. The molecular formula is C16H22N4O6. The Labute approximate surface area is 149 Å². The Hall–Kier alpha value is -3.14. The largest absolute Gasteiger partial charge is 0.508 e. The second-order valence-corrected chi connectivity index (χ2v) is 5.65. The molecule has 0 spiro atoms. The Bertz CT molecular complexity index is 661. The molecule has 0 saturated heterocycles. The monoisotopic (exact) mass is 366 g/mol. The van der Waals surface area contributed by atoms with Crippen molar-refractivity contribution in [1.29, 1.82) is 0 Å². The Morgan fingerprint density at radius 2 is 1.69 bits per heavy atom. The number of amides is 3. The molecule has 10 heteroatoms. The highest BCUT2D eigenvalue weighted by Gasteiger charge is 2.24. The van der Waals surface area contributed by atoms with Gasteiger partial charge in [-0.1, -0.05) is 12.1 Å². The number of rotatable bonds is 10. The fourth-order valence-electron chi connectivity index (χ4n) is 2.07. The zero-order chi connectivity index (χ0) is 19.7. The van der Waals surface area contributed by atoms with Crippen molar-refractivity contribution in [3.8, 4) is 5.75 Å². The SMILES string of the molecule is NC(=O)CCC(N)C(=O)NC(Cc1ccc(O)cc1)C(=O)NCC(=O)O. The Kier molecular flexibility index (Phi) is 8.03. The third-order valence-corrected chi connectivity index (χ3v) is 3.46.